The number of nitrogens with one attached hydrogen (secondary N) is 1. The number of likely N-dealkylation sites (tertiary alicyclic amines) is 1. The summed E-state index contributed by atoms with van der Waals surface area (Å²) in [7, 11) is -2.50. The molecule has 3 fully saturated rings. The molecule has 1 aromatic rings. The third-order valence-corrected chi connectivity index (χ3v) is 10.3. The molecule has 3 heterocycles. The number of ether oxygens (including phenoxy) is 4. The number of hydroxylamine groups is 1. The smallest absolute Gasteiger partial charge is 0.490 e. The number of hydrogen-bond donors (Lipinski definition) is 1. The maximum Gasteiger partial charge on any atom is 0.573 e. The van der Waals surface area contributed by atoms with Gasteiger partial charge in [0.1, 0.15) is 17.6 Å². The zero-order valence-electron chi connectivity index (χ0n) is 23.1. The zero-order valence-corrected chi connectivity index (χ0v) is 23.9. The van der Waals surface area contributed by atoms with Crippen molar-refractivity contribution in [2.45, 2.75) is 68.4 Å². The van der Waals surface area contributed by atoms with Gasteiger partial charge in [-0.15, -0.1) is 13.2 Å². The molecule has 3 saturated heterocycles. The molecule has 11 nitrogen and oxygen atoms in total. The van der Waals surface area contributed by atoms with Crippen LogP contribution in [0, 0.1) is 0 Å². The van der Waals surface area contributed by atoms with Gasteiger partial charge in [-0.25, -0.2) is 23.0 Å². The van der Waals surface area contributed by atoms with Gasteiger partial charge in [-0.1, -0.05) is 0 Å². The molecule has 41 heavy (non-hydrogen) atoms. The van der Waals surface area contributed by atoms with Crippen molar-refractivity contribution in [2.75, 3.05) is 53.0 Å². The van der Waals surface area contributed by atoms with Crippen molar-refractivity contribution >= 4 is 15.9 Å². The van der Waals surface area contributed by atoms with E-state index < -0.39 is 33.3 Å². The van der Waals surface area contributed by atoms with Gasteiger partial charge >= 0.3 is 6.36 Å². The summed E-state index contributed by atoms with van der Waals surface area (Å²) in [6.07, 6.45) is -2.44. The third kappa shape index (κ3) is 8.23. The minimum absolute atomic E-state index is 0.0997. The molecule has 3 aliphatic heterocycles. The SMILES string of the molecule is COCCN1CCC(C(=O)NOC2CCCCO2)(S(=O)(=O)N2CCC(Oc3ccc(OC(F)(F)F)cc3)CC2)CC1. The molecule has 0 radical (unpaired) electrons. The lowest BCUT2D eigenvalue weighted by Gasteiger charge is -2.43. The van der Waals surface area contributed by atoms with Crippen molar-refractivity contribution in [3.63, 3.8) is 0 Å². The van der Waals surface area contributed by atoms with Crippen LogP contribution in [0.3, 0.4) is 0 Å². The molecule has 1 atom stereocenters. The van der Waals surface area contributed by atoms with Crippen molar-refractivity contribution in [1.82, 2.24) is 14.7 Å². The lowest BCUT2D eigenvalue weighted by Crippen LogP contribution is -2.63. The van der Waals surface area contributed by atoms with Crippen molar-refractivity contribution in [3.05, 3.63) is 24.3 Å². The number of nitrogens with zero attached hydrogens (tertiary/aromatic N) is 2. The van der Waals surface area contributed by atoms with Gasteiger partial charge in [-0.3, -0.25) is 4.79 Å². The van der Waals surface area contributed by atoms with Crippen LogP contribution in [0.15, 0.2) is 24.3 Å². The van der Waals surface area contributed by atoms with E-state index in [4.69, 9.17) is 19.0 Å². The Morgan fingerprint density at radius 2 is 1.71 bits per heavy atom. The molecule has 0 saturated carbocycles. The number of methoxy groups -OCH3 is 1. The van der Waals surface area contributed by atoms with E-state index in [2.05, 4.69) is 15.1 Å². The number of hydrogen-bond acceptors (Lipinski definition) is 9. The fraction of sp³-hybridized carbons (Fsp3) is 0.731. The molecule has 0 spiro atoms. The van der Waals surface area contributed by atoms with Crippen LogP contribution < -0.4 is 15.0 Å². The van der Waals surface area contributed by atoms with Crippen LogP contribution in [0.4, 0.5) is 13.2 Å². The van der Waals surface area contributed by atoms with Gasteiger partial charge in [-0.2, -0.15) is 0 Å². The first-order chi connectivity index (χ1) is 19.5. The number of amides is 1. The highest BCUT2D eigenvalue weighted by Crippen LogP contribution is 2.36. The van der Waals surface area contributed by atoms with Crippen LogP contribution in [0.2, 0.25) is 0 Å². The van der Waals surface area contributed by atoms with Gasteiger partial charge in [0.15, 0.2) is 11.0 Å². The predicted molar refractivity (Wildman–Crippen MR) is 140 cm³/mol. The average Bonchev–Trinajstić information content (AvgIpc) is 2.96. The van der Waals surface area contributed by atoms with Crippen LogP contribution in [0.5, 0.6) is 11.5 Å². The Labute approximate surface area is 238 Å². The standard InChI is InChI=1S/C26H38F3N3O8S/c1-36-19-17-31-15-11-25(12-16-31,24(33)30-40-23-4-2-3-18-37-23)41(34,35)32-13-9-21(10-14-32)38-20-5-7-22(8-6-20)39-26(27,28)29/h5-8,21,23H,2-4,9-19H2,1H3,(H,30,33). The first-order valence-electron chi connectivity index (χ1n) is 13.8. The molecular weight excluding hydrogens is 571 g/mol. The molecule has 0 aliphatic carbocycles. The van der Waals surface area contributed by atoms with Crippen LogP contribution in [0.25, 0.3) is 0 Å². The Balaban J connectivity index is 1.39. The second-order valence-electron chi connectivity index (χ2n) is 10.4. The third-order valence-electron chi connectivity index (χ3n) is 7.70. The van der Waals surface area contributed by atoms with Crippen LogP contribution in [-0.4, -0.2) is 100 Å². The number of halogens is 3. The molecule has 1 unspecified atom stereocenters. The maximum absolute atomic E-state index is 14.1. The minimum Gasteiger partial charge on any atom is -0.490 e. The molecular formula is C26H38F3N3O8S. The molecule has 1 aromatic carbocycles. The van der Waals surface area contributed by atoms with Crippen molar-refractivity contribution < 1.29 is 50.2 Å². The van der Waals surface area contributed by atoms with E-state index in [1.54, 1.807) is 7.11 Å². The summed E-state index contributed by atoms with van der Waals surface area (Å²) in [5.74, 6) is -0.707. The van der Waals surface area contributed by atoms with Crippen molar-refractivity contribution in [3.8, 4) is 11.5 Å². The van der Waals surface area contributed by atoms with E-state index in [-0.39, 0.29) is 37.8 Å². The summed E-state index contributed by atoms with van der Waals surface area (Å²) in [4.78, 5) is 21.1. The highest BCUT2D eigenvalue weighted by Gasteiger charge is 2.55. The van der Waals surface area contributed by atoms with Crippen molar-refractivity contribution in [1.29, 1.82) is 0 Å². The number of rotatable bonds is 11. The van der Waals surface area contributed by atoms with Crippen LogP contribution in [-0.2, 0) is 29.1 Å². The van der Waals surface area contributed by atoms with Gasteiger partial charge < -0.3 is 23.8 Å². The Hall–Kier alpha value is -2.17. The molecule has 4 rings (SSSR count). The van der Waals surface area contributed by atoms with E-state index in [1.165, 1.54) is 16.4 Å². The van der Waals surface area contributed by atoms with E-state index in [9.17, 15) is 26.4 Å². The number of alkyl halides is 3. The van der Waals surface area contributed by atoms with E-state index in [0.717, 1.165) is 25.0 Å². The second kappa shape index (κ2) is 13.9. The highest BCUT2D eigenvalue weighted by molar-refractivity contribution is 7.91. The largest absolute Gasteiger partial charge is 0.573 e. The van der Waals surface area contributed by atoms with Gasteiger partial charge in [0, 0.05) is 52.9 Å². The molecule has 15 heteroatoms. The fourth-order valence-electron chi connectivity index (χ4n) is 5.33. The van der Waals surface area contributed by atoms with Gasteiger partial charge in [0.05, 0.1) is 6.61 Å². The summed E-state index contributed by atoms with van der Waals surface area (Å²) >= 11 is 0. The lowest BCUT2D eigenvalue weighted by molar-refractivity contribution is -0.274. The van der Waals surface area contributed by atoms with Gasteiger partial charge in [0.25, 0.3) is 5.91 Å². The number of piperidine rings is 2. The highest BCUT2D eigenvalue weighted by atomic mass is 32.2. The Morgan fingerprint density at radius 1 is 1.05 bits per heavy atom. The lowest BCUT2D eigenvalue weighted by atomic mass is 9.95. The predicted octanol–water partition coefficient (Wildman–Crippen LogP) is 2.81. The molecule has 0 bridgehead atoms. The number of sulfonamides is 1. The van der Waals surface area contributed by atoms with Crippen molar-refractivity contribution in [2.24, 2.45) is 0 Å². The second-order valence-corrected chi connectivity index (χ2v) is 12.7. The first-order valence-corrected chi connectivity index (χ1v) is 15.3. The van der Waals surface area contributed by atoms with Gasteiger partial charge in [-0.05, 0) is 62.8 Å². The Kier molecular flexibility index (Phi) is 10.7. The van der Waals surface area contributed by atoms with Crippen LogP contribution in [0.1, 0.15) is 44.9 Å². The normalized spacial score (nSPS) is 23.2. The van der Waals surface area contributed by atoms with E-state index >= 15 is 0 Å². The summed E-state index contributed by atoms with van der Waals surface area (Å²) in [5.41, 5.74) is 2.41. The quantitative estimate of drug-likeness (QED) is 0.378. The first kappa shape index (κ1) is 31.8. The molecule has 232 valence electrons. The molecule has 1 amide bonds. The summed E-state index contributed by atoms with van der Waals surface area (Å²) in [5, 5.41) is 0. The molecule has 1 N–H and O–H groups in total. The molecule has 3 aliphatic rings. The summed E-state index contributed by atoms with van der Waals surface area (Å²) in [6, 6.07) is 5.06. The average molecular weight is 610 g/mol. The Morgan fingerprint density at radius 3 is 2.29 bits per heavy atom. The number of carbonyl (C=O) groups is 1. The van der Waals surface area contributed by atoms with Gasteiger partial charge in [0.2, 0.25) is 10.0 Å². The minimum atomic E-state index is -4.79. The number of carbonyl (C=O) groups excluding carboxylic acids is 1. The maximum atomic E-state index is 14.1. The topological polar surface area (TPSA) is 116 Å². The van der Waals surface area contributed by atoms with E-state index in [0.29, 0.717) is 57.9 Å². The number of benzene rings is 1. The fourth-order valence-corrected chi connectivity index (χ4v) is 7.49. The summed E-state index contributed by atoms with van der Waals surface area (Å²) < 4.78 is 85.4. The monoisotopic (exact) mass is 609 g/mol. The zero-order chi connectivity index (χ0) is 29.5. The summed E-state index contributed by atoms with van der Waals surface area (Å²) in [6.45, 7) is 2.73. The van der Waals surface area contributed by atoms with E-state index in [1.807, 2.05) is 0 Å². The molecule has 0 aromatic heterocycles. The van der Waals surface area contributed by atoms with Crippen LogP contribution >= 0.6 is 0 Å². The Bertz CT molecular complexity index is 1080.